The fourth-order valence-corrected chi connectivity index (χ4v) is 1.37. The molecule has 0 aliphatic carbocycles. The molecule has 0 aliphatic rings. The molecule has 88 valence electrons. The summed E-state index contributed by atoms with van der Waals surface area (Å²) in [7, 11) is 1.46. The van der Waals surface area contributed by atoms with Gasteiger partial charge in [-0.3, -0.25) is 4.79 Å². The molecule has 0 rings (SSSR count). The van der Waals surface area contributed by atoms with Crippen LogP contribution in [-0.2, 0) is 9.59 Å². The highest BCUT2D eigenvalue weighted by Crippen LogP contribution is 2.13. The minimum absolute atomic E-state index is 0.334. The number of aliphatic carboxylic acids is 1. The number of likely N-dealkylation sites (N-methyl/N-ethyl adjacent to an activating group) is 1. The number of carboxylic acid groups (broad SMARTS) is 1. The monoisotopic (exact) mass is 216 g/mol. The summed E-state index contributed by atoms with van der Waals surface area (Å²) in [6.07, 6.45) is 1.33. The number of carbonyl (C=O) groups is 2. The molecule has 0 bridgehead atoms. The molecule has 5 heteroatoms. The standard InChI is InChI=1S/C10H20N2O3/c1-5-6-10(3,11)9(15)12(4)7(2)8(13)14/h7H,5-6,11H2,1-4H3,(H,13,14). The predicted octanol–water partition coefficient (Wildman–Crippen LogP) is 0.435. The Labute approximate surface area is 90.2 Å². The molecular weight excluding hydrogens is 196 g/mol. The molecular formula is C10H20N2O3. The van der Waals surface area contributed by atoms with Crippen LogP contribution < -0.4 is 5.73 Å². The number of nitrogens with zero attached hydrogens (tertiary/aromatic N) is 1. The molecule has 0 saturated heterocycles. The third kappa shape index (κ3) is 3.51. The molecule has 0 heterocycles. The number of carboxylic acids is 1. The lowest BCUT2D eigenvalue weighted by Crippen LogP contribution is -2.55. The van der Waals surface area contributed by atoms with Gasteiger partial charge < -0.3 is 15.7 Å². The number of hydrogen-bond donors (Lipinski definition) is 2. The summed E-state index contributed by atoms with van der Waals surface area (Å²) in [5.41, 5.74) is 4.85. The van der Waals surface area contributed by atoms with Crippen LogP contribution >= 0.6 is 0 Å². The minimum atomic E-state index is -1.03. The predicted molar refractivity (Wildman–Crippen MR) is 57.4 cm³/mol. The fourth-order valence-electron chi connectivity index (χ4n) is 1.37. The van der Waals surface area contributed by atoms with Crippen LogP contribution in [0.2, 0.25) is 0 Å². The van der Waals surface area contributed by atoms with Crippen molar-refractivity contribution < 1.29 is 14.7 Å². The number of hydrogen-bond acceptors (Lipinski definition) is 3. The topological polar surface area (TPSA) is 83.6 Å². The van der Waals surface area contributed by atoms with Crippen molar-refractivity contribution in [3.8, 4) is 0 Å². The van der Waals surface area contributed by atoms with E-state index in [-0.39, 0.29) is 5.91 Å². The van der Waals surface area contributed by atoms with Crippen molar-refractivity contribution in [2.24, 2.45) is 5.73 Å². The van der Waals surface area contributed by atoms with Gasteiger partial charge in [-0.25, -0.2) is 4.79 Å². The molecule has 0 aliphatic heterocycles. The normalized spacial score (nSPS) is 16.6. The van der Waals surface area contributed by atoms with E-state index in [4.69, 9.17) is 10.8 Å². The quantitative estimate of drug-likeness (QED) is 0.698. The van der Waals surface area contributed by atoms with Gasteiger partial charge in [0.25, 0.3) is 0 Å². The van der Waals surface area contributed by atoms with Crippen molar-refractivity contribution >= 4 is 11.9 Å². The number of amides is 1. The van der Waals surface area contributed by atoms with E-state index in [1.807, 2.05) is 6.92 Å². The number of carbonyl (C=O) groups excluding carboxylic acids is 1. The minimum Gasteiger partial charge on any atom is -0.480 e. The van der Waals surface area contributed by atoms with Crippen molar-refractivity contribution in [2.45, 2.75) is 45.2 Å². The maximum absolute atomic E-state index is 11.8. The summed E-state index contributed by atoms with van der Waals surface area (Å²) in [6, 6.07) is -0.850. The molecule has 5 nitrogen and oxygen atoms in total. The van der Waals surface area contributed by atoms with Gasteiger partial charge in [-0.05, 0) is 20.3 Å². The Hall–Kier alpha value is -1.10. The molecule has 0 aromatic heterocycles. The molecule has 0 radical (unpaired) electrons. The molecule has 1 amide bonds. The zero-order chi connectivity index (χ0) is 12.2. The summed E-state index contributed by atoms with van der Waals surface area (Å²) in [6.45, 7) is 5.02. The van der Waals surface area contributed by atoms with Crippen molar-refractivity contribution in [3.63, 3.8) is 0 Å². The molecule has 0 saturated carbocycles. The Morgan fingerprint density at radius 2 is 2.00 bits per heavy atom. The zero-order valence-electron chi connectivity index (χ0n) is 9.78. The third-order valence-corrected chi connectivity index (χ3v) is 2.52. The van der Waals surface area contributed by atoms with E-state index < -0.39 is 17.6 Å². The first kappa shape index (κ1) is 13.9. The van der Waals surface area contributed by atoms with Gasteiger partial charge >= 0.3 is 5.97 Å². The van der Waals surface area contributed by atoms with E-state index in [1.54, 1.807) is 6.92 Å². The Bertz CT molecular complexity index is 251. The van der Waals surface area contributed by atoms with Crippen molar-refractivity contribution in [2.75, 3.05) is 7.05 Å². The molecule has 0 aromatic rings. The van der Waals surface area contributed by atoms with E-state index in [2.05, 4.69) is 0 Å². The molecule has 0 aromatic carbocycles. The summed E-state index contributed by atoms with van der Waals surface area (Å²) >= 11 is 0. The van der Waals surface area contributed by atoms with Gasteiger partial charge in [0, 0.05) is 7.05 Å². The lowest BCUT2D eigenvalue weighted by molar-refractivity contribution is -0.150. The highest BCUT2D eigenvalue weighted by atomic mass is 16.4. The Morgan fingerprint density at radius 3 is 2.33 bits per heavy atom. The van der Waals surface area contributed by atoms with E-state index in [0.29, 0.717) is 6.42 Å². The van der Waals surface area contributed by atoms with Crippen LogP contribution in [0.15, 0.2) is 0 Å². The Balaban J connectivity index is 4.63. The van der Waals surface area contributed by atoms with E-state index in [0.717, 1.165) is 6.42 Å². The SMILES string of the molecule is CCCC(C)(N)C(=O)N(C)C(C)C(=O)O. The second kappa shape index (κ2) is 5.11. The van der Waals surface area contributed by atoms with Crippen LogP contribution in [-0.4, -0.2) is 40.5 Å². The van der Waals surface area contributed by atoms with Crippen molar-refractivity contribution in [1.82, 2.24) is 4.90 Å². The highest BCUT2D eigenvalue weighted by molar-refractivity contribution is 5.89. The van der Waals surface area contributed by atoms with Crippen LogP contribution in [0.25, 0.3) is 0 Å². The lowest BCUT2D eigenvalue weighted by atomic mass is 9.95. The van der Waals surface area contributed by atoms with Gasteiger partial charge in [0.15, 0.2) is 0 Å². The fraction of sp³-hybridized carbons (Fsp3) is 0.800. The van der Waals surface area contributed by atoms with Crippen LogP contribution in [0.1, 0.15) is 33.6 Å². The van der Waals surface area contributed by atoms with Crippen molar-refractivity contribution in [3.05, 3.63) is 0 Å². The molecule has 2 atom stereocenters. The summed E-state index contributed by atoms with van der Waals surface area (Å²) in [5.74, 6) is -1.36. The van der Waals surface area contributed by atoms with Crippen LogP contribution in [0.5, 0.6) is 0 Å². The van der Waals surface area contributed by atoms with E-state index >= 15 is 0 Å². The molecule has 0 spiro atoms. The second-order valence-electron chi connectivity index (χ2n) is 4.10. The van der Waals surface area contributed by atoms with Gasteiger partial charge in [0.05, 0.1) is 5.54 Å². The van der Waals surface area contributed by atoms with Gasteiger partial charge in [-0.15, -0.1) is 0 Å². The molecule has 15 heavy (non-hydrogen) atoms. The summed E-state index contributed by atoms with van der Waals surface area (Å²) < 4.78 is 0. The summed E-state index contributed by atoms with van der Waals surface area (Å²) in [5, 5.41) is 8.76. The van der Waals surface area contributed by atoms with E-state index in [9.17, 15) is 9.59 Å². The molecule has 0 fully saturated rings. The number of rotatable bonds is 5. The third-order valence-electron chi connectivity index (χ3n) is 2.52. The second-order valence-corrected chi connectivity index (χ2v) is 4.10. The van der Waals surface area contributed by atoms with Gasteiger partial charge in [0.1, 0.15) is 6.04 Å². The Morgan fingerprint density at radius 1 is 1.53 bits per heavy atom. The van der Waals surface area contributed by atoms with Gasteiger partial charge in [0.2, 0.25) is 5.91 Å². The molecule has 2 unspecified atom stereocenters. The van der Waals surface area contributed by atoms with Crippen LogP contribution in [0, 0.1) is 0 Å². The number of nitrogens with two attached hydrogens (primary N) is 1. The molecule has 3 N–H and O–H groups in total. The van der Waals surface area contributed by atoms with Gasteiger partial charge in [-0.2, -0.15) is 0 Å². The lowest BCUT2D eigenvalue weighted by Gasteiger charge is -2.31. The average Bonchev–Trinajstić information content (AvgIpc) is 2.14. The largest absolute Gasteiger partial charge is 0.480 e. The van der Waals surface area contributed by atoms with Crippen molar-refractivity contribution in [1.29, 1.82) is 0 Å². The van der Waals surface area contributed by atoms with E-state index in [1.165, 1.54) is 18.9 Å². The first-order valence-corrected chi connectivity index (χ1v) is 5.03. The van der Waals surface area contributed by atoms with Crippen LogP contribution in [0.3, 0.4) is 0 Å². The zero-order valence-corrected chi connectivity index (χ0v) is 9.78. The van der Waals surface area contributed by atoms with Crippen LogP contribution in [0.4, 0.5) is 0 Å². The van der Waals surface area contributed by atoms with Gasteiger partial charge in [-0.1, -0.05) is 13.3 Å². The average molecular weight is 216 g/mol. The maximum Gasteiger partial charge on any atom is 0.326 e. The smallest absolute Gasteiger partial charge is 0.326 e. The maximum atomic E-state index is 11.8. The Kier molecular flexibility index (Phi) is 4.74. The summed E-state index contributed by atoms with van der Waals surface area (Å²) in [4.78, 5) is 23.7. The first-order chi connectivity index (χ1) is 6.74. The highest BCUT2D eigenvalue weighted by Gasteiger charge is 2.33. The first-order valence-electron chi connectivity index (χ1n) is 5.03.